The summed E-state index contributed by atoms with van der Waals surface area (Å²) in [6, 6.07) is 0. The van der Waals surface area contributed by atoms with Crippen molar-refractivity contribution >= 4 is 24.0 Å². The predicted octanol–water partition coefficient (Wildman–Crippen LogP) is 1.60. The maximum atomic E-state index is 11.3. The van der Waals surface area contributed by atoms with Gasteiger partial charge in [-0.15, -0.1) is 0 Å². The second kappa shape index (κ2) is 4.46. The molecule has 0 saturated heterocycles. The Morgan fingerprint density at radius 2 is 1.83 bits per heavy atom. The Balaban J connectivity index is 4.05. The summed E-state index contributed by atoms with van der Waals surface area (Å²) in [5.74, 6) is 0. The van der Waals surface area contributed by atoms with Crippen molar-refractivity contribution in [2.24, 2.45) is 3.96 Å². The van der Waals surface area contributed by atoms with Crippen LogP contribution in [-0.2, 0) is 4.74 Å². The fraction of sp³-hybridized carbons (Fsp3) is 0.875. The number of nitrogens with two attached hydrogens (primary N) is 1. The van der Waals surface area contributed by atoms with E-state index < -0.39 is 20.0 Å². The van der Waals surface area contributed by atoms with E-state index in [0.717, 1.165) is 0 Å². The van der Waals surface area contributed by atoms with Crippen LogP contribution in [0.2, 0.25) is 3.93 Å². The second-order valence-corrected chi connectivity index (χ2v) is 12.5. The second-order valence-electron chi connectivity index (χ2n) is 4.30. The first-order chi connectivity index (χ1) is 5.24. The van der Waals surface area contributed by atoms with Gasteiger partial charge in [0.15, 0.2) is 0 Å². The van der Waals surface area contributed by atoms with Crippen molar-refractivity contribution in [1.82, 2.24) is 0 Å². The Kier molecular flexibility index (Phi) is 4.55. The first kappa shape index (κ1) is 12.2. The molecule has 0 bridgehead atoms. The minimum atomic E-state index is -2.51. The van der Waals surface area contributed by atoms with E-state index in [1.165, 1.54) is 0 Å². The van der Waals surface area contributed by atoms with Crippen LogP contribution >= 0.6 is 0 Å². The molecule has 3 nitrogen and oxygen atoms in total. The Morgan fingerprint density at radius 1 is 1.42 bits per heavy atom. The standard InChI is InChI=1S/C5H9O2.C3H7.H2N.Sn.H/c1-5(2,3)7-4-6;1-3-2;;;/h1-3H3;3H,1-2H3;1H2;;/q;;-1;+1;. The molecular weight excluding hydrogens is 261 g/mol. The number of carbonyl (C=O) groups excluding carboxylic acids is 1. The van der Waals surface area contributed by atoms with E-state index >= 15 is 0 Å². The average molecular weight is 280 g/mol. The molecule has 1 unspecified atom stereocenters. The Hall–Kier alpha value is 0.229. The van der Waals surface area contributed by atoms with E-state index in [2.05, 4.69) is 0 Å². The van der Waals surface area contributed by atoms with Crippen LogP contribution in [0.5, 0.6) is 0 Å². The van der Waals surface area contributed by atoms with Crippen LogP contribution in [0, 0.1) is 0 Å². The third-order valence-electron chi connectivity index (χ3n) is 1.40. The van der Waals surface area contributed by atoms with Gasteiger partial charge in [-0.3, -0.25) is 0 Å². The third kappa shape index (κ3) is 4.98. The molecular formula is C8H19NO2Sn. The third-order valence-corrected chi connectivity index (χ3v) is 7.39. The normalized spacial score (nSPS) is 14.6. The zero-order valence-corrected chi connectivity index (χ0v) is 11.8. The molecule has 0 aliphatic rings. The van der Waals surface area contributed by atoms with E-state index in [0.29, 0.717) is 3.93 Å². The summed E-state index contributed by atoms with van der Waals surface area (Å²) in [6.45, 7) is 9.58. The molecule has 0 aromatic rings. The van der Waals surface area contributed by atoms with Crippen LogP contribution in [-0.4, -0.2) is 29.6 Å². The molecule has 0 amide bonds. The summed E-state index contributed by atoms with van der Waals surface area (Å²) in [6.07, 6.45) is 0. The molecule has 0 heterocycles. The predicted molar refractivity (Wildman–Crippen MR) is 52.7 cm³/mol. The van der Waals surface area contributed by atoms with Gasteiger partial charge in [0.05, 0.1) is 0 Å². The van der Waals surface area contributed by atoms with Crippen molar-refractivity contribution in [3.05, 3.63) is 0 Å². The SMILES string of the molecule is C[CH](C)[SnH]([NH2])[C](=O)OC(C)(C)C. The minimum absolute atomic E-state index is 0.112. The van der Waals surface area contributed by atoms with Crippen LogP contribution in [0.4, 0.5) is 4.79 Å². The molecule has 0 aromatic heterocycles. The molecule has 0 spiro atoms. The number of carbonyl (C=O) groups is 1. The fourth-order valence-electron chi connectivity index (χ4n) is 0.642. The van der Waals surface area contributed by atoms with Gasteiger partial charge in [0.2, 0.25) is 0 Å². The molecule has 0 saturated carbocycles. The molecule has 0 radical (unpaired) electrons. The van der Waals surface area contributed by atoms with Crippen molar-refractivity contribution < 1.29 is 9.53 Å². The number of hydrogen-bond acceptors (Lipinski definition) is 3. The molecule has 0 aliphatic heterocycles. The molecule has 0 aliphatic carbocycles. The summed E-state index contributed by atoms with van der Waals surface area (Å²) in [4.78, 5) is 11.3. The summed E-state index contributed by atoms with van der Waals surface area (Å²) < 4.78 is 11.2. The van der Waals surface area contributed by atoms with Crippen molar-refractivity contribution in [3.8, 4) is 0 Å². The Labute approximate surface area is 81.7 Å². The van der Waals surface area contributed by atoms with Crippen LogP contribution in [0.15, 0.2) is 0 Å². The van der Waals surface area contributed by atoms with Gasteiger partial charge in [-0.25, -0.2) is 0 Å². The van der Waals surface area contributed by atoms with Crippen LogP contribution in [0.1, 0.15) is 34.6 Å². The van der Waals surface area contributed by atoms with E-state index in [4.69, 9.17) is 8.69 Å². The number of ether oxygens (including phenoxy) is 1. The van der Waals surface area contributed by atoms with Gasteiger partial charge < -0.3 is 0 Å². The maximum absolute atomic E-state index is 11.3. The molecule has 1 atom stereocenters. The zero-order chi connectivity index (χ0) is 9.94. The van der Waals surface area contributed by atoms with E-state index in [-0.39, 0.29) is 9.59 Å². The van der Waals surface area contributed by atoms with Crippen LogP contribution < -0.4 is 3.96 Å². The number of rotatable bonds is 2. The van der Waals surface area contributed by atoms with Gasteiger partial charge >= 0.3 is 81.7 Å². The molecule has 0 aromatic carbocycles. The van der Waals surface area contributed by atoms with Gasteiger partial charge in [0.1, 0.15) is 0 Å². The van der Waals surface area contributed by atoms with Gasteiger partial charge in [0, 0.05) is 0 Å². The Bertz CT molecular complexity index is 163. The van der Waals surface area contributed by atoms with E-state index in [1.54, 1.807) is 0 Å². The summed E-state index contributed by atoms with van der Waals surface area (Å²) in [7, 11) is 0. The van der Waals surface area contributed by atoms with Crippen molar-refractivity contribution in [1.29, 1.82) is 0 Å². The topological polar surface area (TPSA) is 52.3 Å². The van der Waals surface area contributed by atoms with Gasteiger partial charge in [-0.1, -0.05) is 0 Å². The van der Waals surface area contributed by atoms with Crippen molar-refractivity contribution in [2.75, 3.05) is 0 Å². The van der Waals surface area contributed by atoms with Gasteiger partial charge in [-0.2, -0.15) is 0 Å². The summed E-state index contributed by atoms with van der Waals surface area (Å²) in [5.41, 5.74) is -0.388. The molecule has 0 fully saturated rings. The molecule has 2 N–H and O–H groups in total. The quantitative estimate of drug-likeness (QED) is 0.781. The van der Waals surface area contributed by atoms with Crippen molar-refractivity contribution in [2.45, 2.75) is 44.2 Å². The Morgan fingerprint density at radius 3 is 2.08 bits per heavy atom. The van der Waals surface area contributed by atoms with Crippen LogP contribution in [0.25, 0.3) is 0 Å². The van der Waals surface area contributed by atoms with E-state index in [9.17, 15) is 4.79 Å². The monoisotopic (exact) mass is 281 g/mol. The van der Waals surface area contributed by atoms with Crippen LogP contribution in [0.3, 0.4) is 0 Å². The molecule has 0 rings (SSSR count). The van der Waals surface area contributed by atoms with Gasteiger partial charge in [-0.05, 0) is 0 Å². The average Bonchev–Trinajstić information content (AvgIpc) is 1.82. The summed E-state index contributed by atoms with van der Waals surface area (Å²) >= 11 is -2.51. The van der Waals surface area contributed by atoms with Crippen molar-refractivity contribution in [3.63, 3.8) is 0 Å². The molecule has 12 heavy (non-hydrogen) atoms. The first-order valence-corrected chi connectivity index (χ1v) is 9.68. The number of hydrogen-bond donors (Lipinski definition) is 1. The molecule has 4 heteroatoms. The van der Waals surface area contributed by atoms with E-state index in [1.807, 2.05) is 34.6 Å². The summed E-state index contributed by atoms with van der Waals surface area (Å²) in [5, 5.41) is 0. The van der Waals surface area contributed by atoms with Gasteiger partial charge in [0.25, 0.3) is 0 Å². The first-order valence-electron chi connectivity index (χ1n) is 4.22. The molecule has 72 valence electrons. The fourth-order valence-corrected chi connectivity index (χ4v) is 3.59. The zero-order valence-electron chi connectivity index (χ0n) is 8.55.